The van der Waals surface area contributed by atoms with Gasteiger partial charge in [-0.05, 0) is 44.0 Å². The minimum Gasteiger partial charge on any atom is -0.465 e. The van der Waals surface area contributed by atoms with Crippen molar-refractivity contribution in [3.8, 4) is 17.0 Å². The average Bonchev–Trinajstić information content (AvgIpc) is 2.47. The van der Waals surface area contributed by atoms with Gasteiger partial charge in [0.2, 0.25) is 6.29 Å². The Balaban J connectivity index is 2.27. The molecule has 1 aromatic heterocycles. The number of esters is 1. The number of pyridine rings is 1. The molecule has 2 heterocycles. The second kappa shape index (κ2) is 5.10. The summed E-state index contributed by atoms with van der Waals surface area (Å²) in [7, 11) is 1.32. The van der Waals surface area contributed by atoms with Gasteiger partial charge in [0.25, 0.3) is 0 Å². The van der Waals surface area contributed by atoms with Crippen molar-refractivity contribution in [1.29, 1.82) is 0 Å². The lowest BCUT2D eigenvalue weighted by Gasteiger charge is -2.27. The number of carbonyl (C=O) groups is 1. The Morgan fingerprint density at radius 2 is 2.00 bits per heavy atom. The van der Waals surface area contributed by atoms with Gasteiger partial charge < -0.3 is 14.6 Å². The molecule has 1 aliphatic heterocycles. The summed E-state index contributed by atoms with van der Waals surface area (Å²) in [6.45, 7) is 5.67. The quantitative estimate of drug-likeness (QED) is 0.820. The van der Waals surface area contributed by atoms with Crippen molar-refractivity contribution in [2.45, 2.75) is 27.1 Å². The smallest absolute Gasteiger partial charge is 0.339 e. The van der Waals surface area contributed by atoms with Crippen molar-refractivity contribution in [1.82, 2.24) is 4.98 Å². The maximum atomic E-state index is 11.8. The van der Waals surface area contributed by atoms with Gasteiger partial charge in [-0.1, -0.05) is 6.07 Å². The molecule has 0 aliphatic carbocycles. The normalized spacial score (nSPS) is 15.6. The number of benzene rings is 1. The van der Waals surface area contributed by atoms with Gasteiger partial charge in [0.05, 0.1) is 24.1 Å². The molecule has 1 N–H and O–H groups in total. The van der Waals surface area contributed by atoms with Crippen LogP contribution in [0.2, 0.25) is 0 Å². The minimum atomic E-state index is -1.15. The van der Waals surface area contributed by atoms with Gasteiger partial charge in [0, 0.05) is 11.1 Å². The van der Waals surface area contributed by atoms with E-state index >= 15 is 0 Å². The molecule has 0 amide bonds. The molecule has 1 atom stereocenters. The Bertz CT molecular complexity index is 783. The largest absolute Gasteiger partial charge is 0.465 e. The van der Waals surface area contributed by atoms with E-state index in [1.165, 1.54) is 7.11 Å². The fraction of sp³-hybridized carbons (Fsp3) is 0.294. The van der Waals surface area contributed by atoms with E-state index in [1.807, 2.05) is 26.0 Å². The van der Waals surface area contributed by atoms with Gasteiger partial charge >= 0.3 is 5.97 Å². The zero-order valence-electron chi connectivity index (χ0n) is 12.9. The highest BCUT2D eigenvalue weighted by Crippen LogP contribution is 2.43. The molecule has 2 aromatic rings. The number of ether oxygens (including phenoxy) is 2. The van der Waals surface area contributed by atoms with E-state index in [0.717, 1.165) is 16.7 Å². The molecule has 0 unspecified atom stereocenters. The van der Waals surface area contributed by atoms with Crippen LogP contribution in [0, 0.1) is 20.8 Å². The first-order valence-electron chi connectivity index (χ1n) is 6.98. The van der Waals surface area contributed by atoms with Gasteiger partial charge in [-0.15, -0.1) is 0 Å². The monoisotopic (exact) mass is 299 g/mol. The standard InChI is InChI=1S/C17H17NO4/c1-8-5-9(2)15-12(6-8)14-13(17(20)22-15)7-11(10(3)18-14)16(19)21-4/h5-7,17,20H,1-4H3/t17-/m0/s1. The first kappa shape index (κ1) is 14.5. The maximum absolute atomic E-state index is 11.8. The molecule has 22 heavy (non-hydrogen) atoms. The van der Waals surface area contributed by atoms with Crippen LogP contribution in [0.4, 0.5) is 0 Å². The molecule has 0 radical (unpaired) electrons. The van der Waals surface area contributed by atoms with Crippen LogP contribution >= 0.6 is 0 Å². The fourth-order valence-electron chi connectivity index (χ4n) is 2.80. The predicted molar refractivity (Wildman–Crippen MR) is 80.8 cm³/mol. The SMILES string of the molecule is COC(=O)c1cc2c(nc1C)-c1cc(C)cc(C)c1O[C@@H]2O. The van der Waals surface area contributed by atoms with E-state index in [2.05, 4.69) is 4.98 Å². The van der Waals surface area contributed by atoms with Crippen LogP contribution in [0.15, 0.2) is 18.2 Å². The third-order valence-corrected chi connectivity index (χ3v) is 3.82. The molecule has 5 nitrogen and oxygen atoms in total. The van der Waals surface area contributed by atoms with Crippen LogP contribution in [0.1, 0.15) is 39.0 Å². The lowest BCUT2D eigenvalue weighted by molar-refractivity contribution is -0.0222. The van der Waals surface area contributed by atoms with Gasteiger partial charge in [-0.3, -0.25) is 4.98 Å². The second-order valence-electron chi connectivity index (χ2n) is 5.48. The minimum absolute atomic E-state index is 0.330. The van der Waals surface area contributed by atoms with Gasteiger partial charge in [0.15, 0.2) is 0 Å². The summed E-state index contributed by atoms with van der Waals surface area (Å²) < 4.78 is 10.4. The van der Waals surface area contributed by atoms with E-state index in [0.29, 0.717) is 28.3 Å². The lowest BCUT2D eigenvalue weighted by atomic mass is 9.95. The number of methoxy groups -OCH3 is 1. The number of fused-ring (bicyclic) bond motifs is 3. The van der Waals surface area contributed by atoms with E-state index in [-0.39, 0.29) is 0 Å². The fourth-order valence-corrected chi connectivity index (χ4v) is 2.80. The molecule has 0 saturated carbocycles. The topological polar surface area (TPSA) is 68.7 Å². The number of hydrogen-bond donors (Lipinski definition) is 1. The number of aryl methyl sites for hydroxylation is 3. The highest BCUT2D eigenvalue weighted by Gasteiger charge is 2.29. The molecule has 0 fully saturated rings. The van der Waals surface area contributed by atoms with Crippen molar-refractivity contribution in [3.05, 3.63) is 46.1 Å². The van der Waals surface area contributed by atoms with Crippen molar-refractivity contribution in [2.24, 2.45) is 0 Å². The van der Waals surface area contributed by atoms with E-state index in [9.17, 15) is 9.90 Å². The first-order valence-corrected chi connectivity index (χ1v) is 6.98. The summed E-state index contributed by atoms with van der Waals surface area (Å²) in [6, 6.07) is 5.55. The maximum Gasteiger partial charge on any atom is 0.339 e. The Hall–Kier alpha value is -2.40. The lowest BCUT2D eigenvalue weighted by Crippen LogP contribution is -2.18. The van der Waals surface area contributed by atoms with Crippen LogP contribution in [-0.4, -0.2) is 23.2 Å². The second-order valence-corrected chi connectivity index (χ2v) is 5.48. The predicted octanol–water partition coefficient (Wildman–Crippen LogP) is 2.84. The molecule has 1 aliphatic rings. The number of aliphatic hydroxyl groups is 1. The van der Waals surface area contributed by atoms with Gasteiger partial charge in [0.1, 0.15) is 5.75 Å². The zero-order valence-corrected chi connectivity index (χ0v) is 12.9. The number of aromatic nitrogens is 1. The highest BCUT2D eigenvalue weighted by molar-refractivity contribution is 5.91. The molecule has 1 aromatic carbocycles. The Morgan fingerprint density at radius 1 is 1.27 bits per heavy atom. The summed E-state index contributed by atoms with van der Waals surface area (Å²) in [5, 5.41) is 10.3. The number of aliphatic hydroxyl groups excluding tert-OH is 1. The number of hydrogen-bond acceptors (Lipinski definition) is 5. The van der Waals surface area contributed by atoms with E-state index in [4.69, 9.17) is 9.47 Å². The van der Waals surface area contributed by atoms with Crippen molar-refractivity contribution in [3.63, 3.8) is 0 Å². The summed E-state index contributed by atoms with van der Waals surface area (Å²) >= 11 is 0. The Labute approximate surface area is 128 Å². The van der Waals surface area contributed by atoms with Crippen LogP contribution < -0.4 is 4.74 Å². The third-order valence-electron chi connectivity index (χ3n) is 3.82. The van der Waals surface area contributed by atoms with Crippen LogP contribution in [0.5, 0.6) is 5.75 Å². The van der Waals surface area contributed by atoms with Crippen LogP contribution in [-0.2, 0) is 4.74 Å². The zero-order chi connectivity index (χ0) is 16.0. The molecule has 3 rings (SSSR count). The Morgan fingerprint density at radius 3 is 2.68 bits per heavy atom. The van der Waals surface area contributed by atoms with Crippen molar-refractivity contribution in [2.75, 3.05) is 7.11 Å². The van der Waals surface area contributed by atoms with Crippen molar-refractivity contribution < 1.29 is 19.4 Å². The van der Waals surface area contributed by atoms with Crippen molar-refractivity contribution >= 4 is 5.97 Å². The summed E-state index contributed by atoms with van der Waals surface area (Å²) in [4.78, 5) is 16.3. The molecule has 0 spiro atoms. The third kappa shape index (κ3) is 2.14. The van der Waals surface area contributed by atoms with Gasteiger partial charge in [-0.25, -0.2) is 4.79 Å². The summed E-state index contributed by atoms with van der Waals surface area (Å²) in [5.41, 5.74) is 4.86. The average molecular weight is 299 g/mol. The number of rotatable bonds is 1. The van der Waals surface area contributed by atoms with Crippen LogP contribution in [0.25, 0.3) is 11.3 Å². The van der Waals surface area contributed by atoms with E-state index < -0.39 is 12.3 Å². The summed E-state index contributed by atoms with van der Waals surface area (Å²) in [6.07, 6.45) is -1.15. The van der Waals surface area contributed by atoms with Gasteiger partial charge in [-0.2, -0.15) is 0 Å². The first-order chi connectivity index (χ1) is 10.4. The number of nitrogens with zero attached hydrogens (tertiary/aromatic N) is 1. The van der Waals surface area contributed by atoms with Crippen LogP contribution in [0.3, 0.4) is 0 Å². The Kier molecular flexibility index (Phi) is 3.37. The molecule has 114 valence electrons. The molecule has 5 heteroatoms. The summed E-state index contributed by atoms with van der Waals surface area (Å²) in [5.74, 6) is 0.148. The van der Waals surface area contributed by atoms with E-state index in [1.54, 1.807) is 13.0 Å². The molecular weight excluding hydrogens is 282 g/mol. The molecule has 0 saturated heterocycles. The number of carbonyl (C=O) groups excluding carboxylic acids is 1. The molecular formula is C17H17NO4. The highest BCUT2D eigenvalue weighted by atomic mass is 16.6. The molecule has 0 bridgehead atoms.